The minimum Gasteiger partial charge on any atom is -0.756 e. The number of aliphatic carboxylic acids is 1. The van der Waals surface area contributed by atoms with Gasteiger partial charge in [0.05, 0.1) is 6.61 Å². The number of rotatable bonds is 38. The van der Waals surface area contributed by atoms with Crippen LogP contribution in [0.2, 0.25) is 0 Å². The fourth-order valence-electron chi connectivity index (χ4n) is 5.65. The maximum Gasteiger partial charge on any atom is 0.306 e. The molecule has 0 heterocycles. The molecule has 50 heavy (non-hydrogen) atoms. The molecular weight excluding hydrogens is 661 g/mol. The van der Waals surface area contributed by atoms with Crippen molar-refractivity contribution in [2.45, 2.75) is 206 Å². The molecule has 11 nitrogen and oxygen atoms in total. The second-order valence-corrected chi connectivity index (χ2v) is 15.2. The third kappa shape index (κ3) is 33.6. The van der Waals surface area contributed by atoms with Crippen molar-refractivity contribution in [3.8, 4) is 0 Å². The smallest absolute Gasteiger partial charge is 0.306 e. The summed E-state index contributed by atoms with van der Waals surface area (Å²) < 4.78 is 32.2. The molecule has 296 valence electrons. The highest BCUT2D eigenvalue weighted by Gasteiger charge is 2.22. The number of unbranched alkanes of at least 4 members (excludes halogenated alkanes) is 24. The van der Waals surface area contributed by atoms with Crippen molar-refractivity contribution in [3.63, 3.8) is 0 Å². The van der Waals surface area contributed by atoms with Gasteiger partial charge in [-0.15, -0.1) is 0 Å². The monoisotopic (exact) mass is 734 g/mol. The molecule has 0 rings (SSSR count). The van der Waals surface area contributed by atoms with Crippen molar-refractivity contribution in [2.24, 2.45) is 0 Å². The maximum absolute atomic E-state index is 12.5. The first-order valence-corrected chi connectivity index (χ1v) is 21.6. The van der Waals surface area contributed by atoms with Crippen LogP contribution in [-0.4, -0.2) is 49.9 Å². The molecule has 0 radical (unpaired) electrons. The highest BCUT2D eigenvalue weighted by atomic mass is 31.2. The van der Waals surface area contributed by atoms with Gasteiger partial charge in [-0.3, -0.25) is 14.2 Å². The number of ether oxygens (including phenoxy) is 2. The van der Waals surface area contributed by atoms with Gasteiger partial charge in [0.1, 0.15) is 25.2 Å². The maximum atomic E-state index is 12.5. The lowest BCUT2D eigenvalue weighted by atomic mass is 10.0. The third-order valence-electron chi connectivity index (χ3n) is 8.88. The van der Waals surface area contributed by atoms with Crippen LogP contribution in [0.1, 0.15) is 194 Å². The molecule has 1 unspecified atom stereocenters. The summed E-state index contributed by atoms with van der Waals surface area (Å²) in [4.78, 5) is 47.9. The zero-order chi connectivity index (χ0) is 37.1. The lowest BCUT2D eigenvalue weighted by Gasteiger charge is -2.26. The summed E-state index contributed by atoms with van der Waals surface area (Å²) in [5, 5.41) is 10.8. The molecule has 0 bridgehead atoms. The summed E-state index contributed by atoms with van der Waals surface area (Å²) in [6.07, 6.45) is 30.0. The highest BCUT2D eigenvalue weighted by Crippen LogP contribution is 2.38. The molecule has 0 spiro atoms. The Balaban J connectivity index is 4.38. The first kappa shape index (κ1) is 48.5. The van der Waals surface area contributed by atoms with E-state index in [1.165, 1.54) is 116 Å². The standard InChI is InChI=1S/C38H74NO10P/c1-3-5-7-9-11-13-15-17-19-21-23-25-27-29-36(40)46-31-34(32-47-50(44,45)48-33-35(39)38(42)43)49-37(41)30-28-26-24-22-20-18-16-14-12-10-8-6-4-2/h34-35H,3-33,39H2,1-2H3,(H,42,43)(H,44,45)/p-1/t34-,35+/m1/s1. The number of phosphoric acid groups is 1. The van der Waals surface area contributed by atoms with Gasteiger partial charge in [0.2, 0.25) is 0 Å². The molecule has 0 saturated carbocycles. The Morgan fingerprint density at radius 3 is 1.26 bits per heavy atom. The van der Waals surface area contributed by atoms with Gasteiger partial charge in [-0.05, 0) is 12.8 Å². The number of carbonyl (C=O) groups is 3. The van der Waals surface area contributed by atoms with E-state index in [0.717, 1.165) is 38.5 Å². The number of carboxylic acids is 1. The molecule has 0 aromatic heterocycles. The minimum absolute atomic E-state index is 0.154. The molecule has 3 atom stereocenters. The predicted molar refractivity (Wildman–Crippen MR) is 193 cm³/mol. The predicted octanol–water partition coefficient (Wildman–Crippen LogP) is 7.27. The lowest BCUT2D eigenvalue weighted by molar-refractivity contribution is -0.441. The van der Waals surface area contributed by atoms with Gasteiger partial charge < -0.3 is 39.0 Å². The number of quaternary nitrogens is 1. The van der Waals surface area contributed by atoms with Crippen LogP contribution in [0.5, 0.6) is 0 Å². The highest BCUT2D eigenvalue weighted by molar-refractivity contribution is 7.45. The zero-order valence-corrected chi connectivity index (χ0v) is 32.7. The van der Waals surface area contributed by atoms with Gasteiger partial charge in [-0.2, -0.15) is 0 Å². The van der Waals surface area contributed by atoms with E-state index in [1.807, 2.05) is 0 Å². The molecule has 0 aliphatic heterocycles. The van der Waals surface area contributed by atoms with Crippen LogP contribution in [-0.2, 0) is 37.5 Å². The summed E-state index contributed by atoms with van der Waals surface area (Å²) in [5.41, 5.74) is 3.24. The van der Waals surface area contributed by atoms with E-state index in [4.69, 9.17) is 14.0 Å². The van der Waals surface area contributed by atoms with Crippen LogP contribution in [0.4, 0.5) is 0 Å². The van der Waals surface area contributed by atoms with Crippen molar-refractivity contribution in [2.75, 3.05) is 19.8 Å². The molecular formula is C38H73NO10P-. The van der Waals surface area contributed by atoms with Gasteiger partial charge in [0.15, 0.2) is 6.10 Å². The van der Waals surface area contributed by atoms with E-state index < -0.39 is 51.1 Å². The number of carbonyl (C=O) groups excluding carboxylic acids is 3. The average molecular weight is 735 g/mol. The Morgan fingerprint density at radius 1 is 0.540 bits per heavy atom. The molecule has 0 aliphatic rings. The molecule has 0 aromatic carbocycles. The second kappa shape index (κ2) is 34.6. The van der Waals surface area contributed by atoms with Crippen molar-refractivity contribution in [1.82, 2.24) is 0 Å². The van der Waals surface area contributed by atoms with Gasteiger partial charge in [0, 0.05) is 12.8 Å². The fraction of sp³-hybridized carbons (Fsp3) is 0.921. The van der Waals surface area contributed by atoms with Crippen LogP contribution in [0.25, 0.3) is 0 Å². The number of hydrogen-bond acceptors (Lipinski definition) is 10. The zero-order valence-electron chi connectivity index (χ0n) is 31.8. The van der Waals surface area contributed by atoms with Crippen LogP contribution < -0.4 is 15.7 Å². The Labute approximate surface area is 304 Å². The van der Waals surface area contributed by atoms with Crippen LogP contribution in [0.15, 0.2) is 0 Å². The fourth-order valence-corrected chi connectivity index (χ4v) is 6.44. The van der Waals surface area contributed by atoms with Crippen LogP contribution in [0, 0.1) is 0 Å². The normalized spacial score (nSPS) is 13.8. The molecule has 0 fully saturated rings. The van der Waals surface area contributed by atoms with E-state index in [9.17, 15) is 28.9 Å². The first-order chi connectivity index (χ1) is 24.1. The minimum atomic E-state index is -4.94. The first-order valence-electron chi connectivity index (χ1n) is 20.1. The average Bonchev–Trinajstić information content (AvgIpc) is 3.09. The summed E-state index contributed by atoms with van der Waals surface area (Å²) in [6.45, 7) is 2.70. The van der Waals surface area contributed by atoms with E-state index in [0.29, 0.717) is 12.8 Å². The molecule has 0 saturated heterocycles. The lowest BCUT2D eigenvalue weighted by Crippen LogP contribution is -2.70. The van der Waals surface area contributed by atoms with Gasteiger partial charge in [0.25, 0.3) is 7.82 Å². The molecule has 12 heteroatoms. The SMILES string of the molecule is CCCCCCCCCCCCCCCC(=O)OC[C@H](COP(=O)([O-])OC[C@H]([NH3+])C(=O)[O-])OC(=O)CCCCCCCCCCCCCCC. The van der Waals surface area contributed by atoms with Gasteiger partial charge in [-0.1, -0.05) is 168 Å². The molecule has 0 aromatic rings. The Kier molecular flexibility index (Phi) is 33.5. The van der Waals surface area contributed by atoms with Gasteiger partial charge in [-0.25, -0.2) is 0 Å². The topological polar surface area (TPSA) is 179 Å². The van der Waals surface area contributed by atoms with Crippen LogP contribution in [0.3, 0.4) is 0 Å². The molecule has 0 aliphatic carbocycles. The van der Waals surface area contributed by atoms with Crippen molar-refractivity contribution >= 4 is 25.7 Å². The van der Waals surface area contributed by atoms with Crippen molar-refractivity contribution in [1.29, 1.82) is 0 Å². The molecule has 3 N–H and O–H groups in total. The summed E-state index contributed by atoms with van der Waals surface area (Å²) >= 11 is 0. The third-order valence-corrected chi connectivity index (χ3v) is 9.81. The summed E-state index contributed by atoms with van der Waals surface area (Å²) in [5.74, 6) is -2.56. The largest absolute Gasteiger partial charge is 0.756 e. The molecule has 0 amide bonds. The Hall–Kier alpha value is -1.52. The van der Waals surface area contributed by atoms with Crippen molar-refractivity contribution < 1.29 is 53.2 Å². The Morgan fingerprint density at radius 2 is 0.880 bits per heavy atom. The number of hydrogen-bond donors (Lipinski definition) is 1. The second-order valence-electron chi connectivity index (χ2n) is 13.8. The number of phosphoric ester groups is 1. The summed E-state index contributed by atoms with van der Waals surface area (Å²) in [7, 11) is -4.94. The summed E-state index contributed by atoms with van der Waals surface area (Å²) in [6, 6.07) is -1.42. The van der Waals surface area contributed by atoms with E-state index in [1.54, 1.807) is 0 Å². The number of carboxylic acid groups (broad SMARTS) is 1. The van der Waals surface area contributed by atoms with E-state index in [-0.39, 0.29) is 19.4 Å². The van der Waals surface area contributed by atoms with E-state index in [2.05, 4.69) is 24.1 Å². The van der Waals surface area contributed by atoms with Crippen LogP contribution >= 0.6 is 7.82 Å². The number of esters is 2. The quantitative estimate of drug-likeness (QED) is 0.0385. The Bertz CT molecular complexity index is 875. The van der Waals surface area contributed by atoms with E-state index >= 15 is 0 Å². The van der Waals surface area contributed by atoms with Crippen molar-refractivity contribution in [3.05, 3.63) is 0 Å². The van der Waals surface area contributed by atoms with Gasteiger partial charge >= 0.3 is 11.9 Å².